The van der Waals surface area contributed by atoms with E-state index in [9.17, 15) is 4.79 Å². The van der Waals surface area contributed by atoms with Crippen LogP contribution in [-0.4, -0.2) is 35.2 Å². The van der Waals surface area contributed by atoms with Crippen LogP contribution < -0.4 is 10.1 Å². The summed E-state index contributed by atoms with van der Waals surface area (Å²) < 4.78 is 5.13. The molecule has 0 saturated heterocycles. The maximum absolute atomic E-state index is 12.6. The van der Waals surface area contributed by atoms with Gasteiger partial charge in [0.05, 0.1) is 17.9 Å². The molecule has 0 aliphatic rings. The third-order valence-electron chi connectivity index (χ3n) is 3.85. The van der Waals surface area contributed by atoms with Crippen LogP contribution >= 0.6 is 11.8 Å². The zero-order valence-electron chi connectivity index (χ0n) is 14.3. The number of hydrogen-bond acceptors (Lipinski definition) is 6. The number of thioether (sulfide) groups is 1. The Bertz CT molecular complexity index is 897. The third kappa shape index (κ3) is 3.74. The van der Waals surface area contributed by atoms with Gasteiger partial charge >= 0.3 is 0 Å². The van der Waals surface area contributed by atoms with E-state index in [0.717, 1.165) is 22.5 Å². The van der Waals surface area contributed by atoms with Gasteiger partial charge in [0, 0.05) is 18.0 Å². The van der Waals surface area contributed by atoms with Gasteiger partial charge in [0.2, 0.25) is 0 Å². The number of Topliss-reactive ketones (excluding diaryl/α,β-unsaturated/α-hetero) is 1. The number of nitrogens with zero attached hydrogens (tertiary/aromatic N) is 2. The third-order valence-corrected chi connectivity index (χ3v) is 4.81. The highest BCUT2D eigenvalue weighted by Crippen LogP contribution is 2.28. The smallest absolute Gasteiger partial charge is 0.190 e. The number of hydrogen-bond donors (Lipinski definition) is 1. The molecule has 0 aliphatic carbocycles. The lowest BCUT2D eigenvalue weighted by Crippen LogP contribution is -2.14. The van der Waals surface area contributed by atoms with E-state index in [2.05, 4.69) is 15.3 Å². The molecule has 1 heterocycles. The standard InChI is InChI=1S/C19H19N3O2S/c1-12(17(23)13-8-10-14(24-3)11-9-13)25-19-21-16-7-5-4-6-15(16)18(20-2)22-19/h4-12H,1-3H3,(H,20,21,22)/t12-/m0/s1. The predicted molar refractivity (Wildman–Crippen MR) is 102 cm³/mol. The van der Waals surface area contributed by atoms with Crippen LogP contribution in [0.4, 0.5) is 5.82 Å². The Morgan fingerprint density at radius 2 is 1.84 bits per heavy atom. The Morgan fingerprint density at radius 1 is 1.12 bits per heavy atom. The number of ketones is 1. The zero-order valence-corrected chi connectivity index (χ0v) is 15.1. The van der Waals surface area contributed by atoms with Gasteiger partial charge in [0.25, 0.3) is 0 Å². The summed E-state index contributed by atoms with van der Waals surface area (Å²) in [4.78, 5) is 21.7. The molecule has 0 amide bonds. The van der Waals surface area contributed by atoms with Crippen molar-refractivity contribution >= 4 is 34.3 Å². The van der Waals surface area contributed by atoms with Crippen molar-refractivity contribution in [3.8, 4) is 5.75 Å². The van der Waals surface area contributed by atoms with Crippen molar-refractivity contribution in [2.75, 3.05) is 19.5 Å². The van der Waals surface area contributed by atoms with Gasteiger partial charge in [-0.25, -0.2) is 9.97 Å². The van der Waals surface area contributed by atoms with E-state index < -0.39 is 0 Å². The Morgan fingerprint density at radius 3 is 2.52 bits per heavy atom. The number of fused-ring (bicyclic) bond motifs is 1. The van der Waals surface area contributed by atoms with Crippen LogP contribution in [0.1, 0.15) is 17.3 Å². The van der Waals surface area contributed by atoms with Gasteiger partial charge in [-0.3, -0.25) is 4.79 Å². The molecule has 128 valence electrons. The summed E-state index contributed by atoms with van der Waals surface area (Å²) in [6.07, 6.45) is 0. The minimum absolute atomic E-state index is 0.0374. The molecule has 1 atom stereocenters. The number of rotatable bonds is 6. The summed E-state index contributed by atoms with van der Waals surface area (Å²) in [5.74, 6) is 1.53. The Labute approximate surface area is 150 Å². The highest BCUT2D eigenvalue weighted by molar-refractivity contribution is 8.00. The Hall–Kier alpha value is -2.60. The maximum atomic E-state index is 12.6. The number of para-hydroxylation sites is 1. The molecule has 0 unspecified atom stereocenters. The number of aromatic nitrogens is 2. The van der Waals surface area contributed by atoms with Crippen LogP contribution in [-0.2, 0) is 0 Å². The van der Waals surface area contributed by atoms with E-state index in [1.165, 1.54) is 11.8 Å². The molecule has 1 N–H and O–H groups in total. The molecular formula is C19H19N3O2S. The second kappa shape index (κ2) is 7.53. The average molecular weight is 353 g/mol. The minimum atomic E-state index is -0.292. The van der Waals surface area contributed by atoms with E-state index in [-0.39, 0.29) is 11.0 Å². The average Bonchev–Trinajstić information content (AvgIpc) is 2.66. The Kier molecular flexibility index (Phi) is 5.19. The second-order valence-electron chi connectivity index (χ2n) is 5.47. The van der Waals surface area contributed by atoms with Crippen molar-refractivity contribution in [3.05, 3.63) is 54.1 Å². The first-order chi connectivity index (χ1) is 12.1. The molecule has 5 nitrogen and oxygen atoms in total. The van der Waals surface area contributed by atoms with Crippen LogP contribution in [0.2, 0.25) is 0 Å². The number of methoxy groups -OCH3 is 1. The number of anilines is 1. The van der Waals surface area contributed by atoms with E-state index in [1.54, 1.807) is 31.4 Å². The number of nitrogens with one attached hydrogen (secondary N) is 1. The van der Waals surface area contributed by atoms with E-state index in [0.29, 0.717) is 10.7 Å². The van der Waals surface area contributed by atoms with Crippen molar-refractivity contribution in [1.82, 2.24) is 9.97 Å². The molecule has 0 radical (unpaired) electrons. The second-order valence-corrected chi connectivity index (χ2v) is 6.78. The Balaban J connectivity index is 1.83. The first-order valence-corrected chi connectivity index (χ1v) is 8.80. The first kappa shape index (κ1) is 17.2. The highest BCUT2D eigenvalue weighted by Gasteiger charge is 2.19. The molecule has 0 fully saturated rings. The van der Waals surface area contributed by atoms with Gasteiger partial charge in [0.15, 0.2) is 10.9 Å². The summed E-state index contributed by atoms with van der Waals surface area (Å²) in [6, 6.07) is 14.9. The molecule has 3 rings (SSSR count). The quantitative estimate of drug-likeness (QED) is 0.410. The summed E-state index contributed by atoms with van der Waals surface area (Å²) in [7, 11) is 3.43. The van der Waals surface area contributed by atoms with Gasteiger partial charge < -0.3 is 10.1 Å². The molecule has 25 heavy (non-hydrogen) atoms. The van der Waals surface area contributed by atoms with Crippen LogP contribution in [0, 0.1) is 0 Å². The fourth-order valence-corrected chi connectivity index (χ4v) is 3.35. The number of carbonyl (C=O) groups is 1. The lowest BCUT2D eigenvalue weighted by Gasteiger charge is -2.12. The lowest BCUT2D eigenvalue weighted by atomic mass is 10.1. The minimum Gasteiger partial charge on any atom is -0.497 e. The van der Waals surface area contributed by atoms with Gasteiger partial charge in [-0.1, -0.05) is 23.9 Å². The topological polar surface area (TPSA) is 64.1 Å². The molecule has 2 aromatic carbocycles. The number of carbonyl (C=O) groups excluding carboxylic acids is 1. The summed E-state index contributed by atoms with van der Waals surface area (Å²) in [5.41, 5.74) is 1.50. The van der Waals surface area contributed by atoms with Crippen LogP contribution in [0.5, 0.6) is 5.75 Å². The molecule has 1 aromatic heterocycles. The number of ether oxygens (including phenoxy) is 1. The van der Waals surface area contributed by atoms with Crippen molar-refractivity contribution in [1.29, 1.82) is 0 Å². The monoisotopic (exact) mass is 353 g/mol. The SMILES string of the molecule is CNc1nc(S[C@@H](C)C(=O)c2ccc(OC)cc2)nc2ccccc12. The molecule has 0 spiro atoms. The summed E-state index contributed by atoms with van der Waals surface area (Å²) in [6.45, 7) is 1.87. The largest absolute Gasteiger partial charge is 0.497 e. The van der Waals surface area contributed by atoms with E-state index in [4.69, 9.17) is 4.74 Å². The van der Waals surface area contributed by atoms with Gasteiger partial charge in [0.1, 0.15) is 11.6 Å². The van der Waals surface area contributed by atoms with E-state index in [1.807, 2.05) is 38.2 Å². The van der Waals surface area contributed by atoms with Gasteiger partial charge in [-0.15, -0.1) is 0 Å². The molecule has 3 aromatic rings. The summed E-state index contributed by atoms with van der Waals surface area (Å²) in [5, 5.41) is 4.34. The fourth-order valence-electron chi connectivity index (χ4n) is 2.50. The molecule has 6 heteroatoms. The molecular weight excluding hydrogens is 334 g/mol. The van der Waals surface area contributed by atoms with Crippen LogP contribution in [0.25, 0.3) is 10.9 Å². The number of benzene rings is 2. The van der Waals surface area contributed by atoms with Gasteiger partial charge in [-0.05, 0) is 43.3 Å². The molecule has 0 bridgehead atoms. The molecule has 0 saturated carbocycles. The van der Waals surface area contributed by atoms with Crippen LogP contribution in [0.15, 0.2) is 53.7 Å². The fraction of sp³-hybridized carbons (Fsp3) is 0.211. The van der Waals surface area contributed by atoms with Crippen molar-refractivity contribution in [2.24, 2.45) is 0 Å². The predicted octanol–water partition coefficient (Wildman–Crippen LogP) is 4.04. The highest BCUT2D eigenvalue weighted by atomic mass is 32.2. The maximum Gasteiger partial charge on any atom is 0.190 e. The van der Waals surface area contributed by atoms with Crippen LogP contribution in [0.3, 0.4) is 0 Å². The van der Waals surface area contributed by atoms with Gasteiger partial charge in [-0.2, -0.15) is 0 Å². The van der Waals surface area contributed by atoms with Crippen molar-refractivity contribution in [2.45, 2.75) is 17.3 Å². The summed E-state index contributed by atoms with van der Waals surface area (Å²) >= 11 is 1.36. The zero-order chi connectivity index (χ0) is 17.8. The lowest BCUT2D eigenvalue weighted by molar-refractivity contribution is 0.0994. The molecule has 0 aliphatic heterocycles. The normalized spacial score (nSPS) is 12.0. The first-order valence-electron chi connectivity index (χ1n) is 7.92. The van der Waals surface area contributed by atoms with Crippen molar-refractivity contribution in [3.63, 3.8) is 0 Å². The van der Waals surface area contributed by atoms with Crippen molar-refractivity contribution < 1.29 is 9.53 Å². The van der Waals surface area contributed by atoms with E-state index >= 15 is 0 Å².